The molecule has 0 saturated heterocycles. The first-order valence-corrected chi connectivity index (χ1v) is 7.33. The Morgan fingerprint density at radius 2 is 1.67 bits per heavy atom. The first kappa shape index (κ1) is 15.2. The normalized spacial score (nSPS) is 11.0. The average Bonchev–Trinajstić information content (AvgIpc) is 2.77. The van der Waals surface area contributed by atoms with Gasteiger partial charge in [0.25, 0.3) is 0 Å². The van der Waals surface area contributed by atoms with E-state index in [0.717, 1.165) is 6.54 Å². The zero-order valence-corrected chi connectivity index (χ0v) is 11.9. The Hall–Kier alpha value is -0.900. The lowest BCUT2D eigenvalue weighted by molar-refractivity contribution is 0.363. The largest absolute Gasteiger partial charge is 0.338 e. The van der Waals surface area contributed by atoms with Gasteiger partial charge in [-0.15, -0.1) is 0 Å². The quantitative estimate of drug-likeness (QED) is 0.612. The molecule has 1 heterocycles. The van der Waals surface area contributed by atoms with Crippen LogP contribution in [-0.4, -0.2) is 16.7 Å². The molecular weight excluding hydrogens is 226 g/mol. The van der Waals surface area contributed by atoms with Crippen molar-refractivity contribution in [1.82, 2.24) is 15.5 Å². The summed E-state index contributed by atoms with van der Waals surface area (Å²) in [5.41, 5.74) is 0. The second kappa shape index (κ2) is 10.1. The molecule has 0 aromatic carbocycles. The highest BCUT2D eigenvalue weighted by atomic mass is 16.5. The monoisotopic (exact) mass is 253 g/mol. The topological polar surface area (TPSA) is 51.0 Å². The fourth-order valence-electron chi connectivity index (χ4n) is 1.99. The van der Waals surface area contributed by atoms with Crippen LogP contribution in [0, 0.1) is 6.92 Å². The van der Waals surface area contributed by atoms with Crippen molar-refractivity contribution in [3.63, 3.8) is 0 Å². The molecule has 0 atom stereocenters. The number of unbranched alkanes of at least 4 members (excludes halogenated alkanes) is 7. The Morgan fingerprint density at radius 3 is 2.28 bits per heavy atom. The molecule has 18 heavy (non-hydrogen) atoms. The fraction of sp³-hybridized carbons (Fsp3) is 0.857. The summed E-state index contributed by atoms with van der Waals surface area (Å²) in [6, 6.07) is 0. The number of aryl methyl sites for hydroxylation is 1. The summed E-state index contributed by atoms with van der Waals surface area (Å²) >= 11 is 0. The zero-order chi connectivity index (χ0) is 13.1. The van der Waals surface area contributed by atoms with Gasteiger partial charge < -0.3 is 9.84 Å². The minimum absolute atomic E-state index is 0.687. The first-order chi connectivity index (χ1) is 8.83. The van der Waals surface area contributed by atoms with Crippen LogP contribution >= 0.6 is 0 Å². The molecule has 1 aromatic rings. The molecular formula is C14H27N3O. The van der Waals surface area contributed by atoms with Crippen LogP contribution in [-0.2, 0) is 6.54 Å². The number of aromatic nitrogens is 2. The standard InChI is InChI=1S/C14H27N3O/c1-3-4-5-6-7-8-9-10-11-15-12-14-16-13(2)17-18-14/h15H,3-12H2,1-2H3. The zero-order valence-electron chi connectivity index (χ0n) is 11.9. The van der Waals surface area contributed by atoms with Crippen LogP contribution in [0.1, 0.15) is 70.0 Å². The van der Waals surface area contributed by atoms with Gasteiger partial charge in [0, 0.05) is 0 Å². The maximum Gasteiger partial charge on any atom is 0.240 e. The van der Waals surface area contributed by atoms with Gasteiger partial charge in [0.2, 0.25) is 5.89 Å². The number of nitrogens with one attached hydrogen (secondary N) is 1. The fourth-order valence-corrected chi connectivity index (χ4v) is 1.99. The van der Waals surface area contributed by atoms with Crippen LogP contribution in [0.15, 0.2) is 4.52 Å². The van der Waals surface area contributed by atoms with E-state index in [4.69, 9.17) is 4.52 Å². The van der Waals surface area contributed by atoms with E-state index >= 15 is 0 Å². The number of hydrogen-bond donors (Lipinski definition) is 1. The van der Waals surface area contributed by atoms with E-state index in [1.807, 2.05) is 6.92 Å². The third kappa shape index (κ3) is 7.43. The van der Waals surface area contributed by atoms with Gasteiger partial charge in [0.1, 0.15) is 0 Å². The molecule has 0 saturated carbocycles. The molecule has 0 spiro atoms. The van der Waals surface area contributed by atoms with Crippen LogP contribution in [0.4, 0.5) is 0 Å². The predicted octanol–water partition coefficient (Wildman–Crippen LogP) is 3.61. The Morgan fingerprint density at radius 1 is 1.00 bits per heavy atom. The van der Waals surface area contributed by atoms with Gasteiger partial charge in [-0.25, -0.2) is 0 Å². The van der Waals surface area contributed by atoms with Gasteiger partial charge in [0.15, 0.2) is 5.82 Å². The van der Waals surface area contributed by atoms with Crippen LogP contribution < -0.4 is 5.32 Å². The molecule has 4 nitrogen and oxygen atoms in total. The van der Waals surface area contributed by atoms with Crippen molar-refractivity contribution >= 4 is 0 Å². The predicted molar refractivity (Wildman–Crippen MR) is 73.4 cm³/mol. The summed E-state index contributed by atoms with van der Waals surface area (Å²) in [6.07, 6.45) is 10.9. The highest BCUT2D eigenvalue weighted by Crippen LogP contribution is 2.07. The Kier molecular flexibility index (Phi) is 8.47. The summed E-state index contributed by atoms with van der Waals surface area (Å²) < 4.78 is 5.02. The summed E-state index contributed by atoms with van der Waals surface area (Å²) in [4.78, 5) is 4.15. The van der Waals surface area contributed by atoms with Crippen molar-refractivity contribution in [2.75, 3.05) is 6.54 Å². The highest BCUT2D eigenvalue weighted by Gasteiger charge is 2.00. The summed E-state index contributed by atoms with van der Waals surface area (Å²) in [7, 11) is 0. The van der Waals surface area contributed by atoms with Gasteiger partial charge in [-0.05, 0) is 19.9 Å². The van der Waals surface area contributed by atoms with Crippen molar-refractivity contribution in [2.45, 2.75) is 71.8 Å². The van der Waals surface area contributed by atoms with Gasteiger partial charge in [-0.3, -0.25) is 0 Å². The molecule has 1 rings (SSSR count). The van der Waals surface area contributed by atoms with Crippen LogP contribution in [0.3, 0.4) is 0 Å². The minimum atomic E-state index is 0.687. The summed E-state index contributed by atoms with van der Waals surface area (Å²) in [5, 5.41) is 7.08. The molecule has 0 amide bonds. The van der Waals surface area contributed by atoms with E-state index in [1.165, 1.54) is 51.4 Å². The maximum absolute atomic E-state index is 5.02. The Labute approximate surface area is 111 Å². The van der Waals surface area contributed by atoms with E-state index in [-0.39, 0.29) is 0 Å². The lowest BCUT2D eigenvalue weighted by Gasteiger charge is -2.02. The number of rotatable bonds is 11. The molecule has 0 radical (unpaired) electrons. The van der Waals surface area contributed by atoms with Crippen molar-refractivity contribution in [2.24, 2.45) is 0 Å². The molecule has 0 aliphatic heterocycles. The van der Waals surface area contributed by atoms with E-state index < -0.39 is 0 Å². The molecule has 0 unspecified atom stereocenters. The van der Waals surface area contributed by atoms with Crippen molar-refractivity contribution in [1.29, 1.82) is 0 Å². The lowest BCUT2D eigenvalue weighted by Crippen LogP contribution is -2.14. The third-order valence-corrected chi connectivity index (χ3v) is 3.05. The first-order valence-electron chi connectivity index (χ1n) is 7.33. The van der Waals surface area contributed by atoms with Gasteiger partial charge >= 0.3 is 0 Å². The Balaban J connectivity index is 1.81. The average molecular weight is 253 g/mol. The third-order valence-electron chi connectivity index (χ3n) is 3.05. The van der Waals surface area contributed by atoms with Gasteiger partial charge in [-0.1, -0.05) is 57.0 Å². The molecule has 1 aromatic heterocycles. The second-order valence-electron chi connectivity index (χ2n) is 4.89. The highest BCUT2D eigenvalue weighted by molar-refractivity contribution is 4.81. The van der Waals surface area contributed by atoms with Gasteiger partial charge in [-0.2, -0.15) is 4.98 Å². The molecule has 0 bridgehead atoms. The van der Waals surface area contributed by atoms with Crippen LogP contribution in [0.5, 0.6) is 0 Å². The maximum atomic E-state index is 5.02. The van der Waals surface area contributed by atoms with Crippen molar-refractivity contribution in [3.8, 4) is 0 Å². The molecule has 4 heteroatoms. The van der Waals surface area contributed by atoms with Crippen LogP contribution in [0.25, 0.3) is 0 Å². The van der Waals surface area contributed by atoms with Gasteiger partial charge in [0.05, 0.1) is 6.54 Å². The molecule has 104 valence electrons. The lowest BCUT2D eigenvalue weighted by atomic mass is 10.1. The van der Waals surface area contributed by atoms with Crippen molar-refractivity contribution < 1.29 is 4.52 Å². The molecule has 0 aliphatic rings. The van der Waals surface area contributed by atoms with Crippen LogP contribution in [0.2, 0.25) is 0 Å². The van der Waals surface area contributed by atoms with E-state index in [2.05, 4.69) is 22.4 Å². The van der Waals surface area contributed by atoms with E-state index in [1.54, 1.807) is 0 Å². The summed E-state index contributed by atoms with van der Waals surface area (Å²) in [6.45, 7) is 5.83. The summed E-state index contributed by atoms with van der Waals surface area (Å²) in [5.74, 6) is 1.39. The van der Waals surface area contributed by atoms with E-state index in [9.17, 15) is 0 Å². The molecule has 0 aliphatic carbocycles. The van der Waals surface area contributed by atoms with Crippen molar-refractivity contribution in [3.05, 3.63) is 11.7 Å². The smallest absolute Gasteiger partial charge is 0.240 e. The Bertz CT molecular complexity index is 299. The SMILES string of the molecule is CCCCCCCCCCNCc1nc(C)no1. The minimum Gasteiger partial charge on any atom is -0.338 e. The number of hydrogen-bond acceptors (Lipinski definition) is 4. The number of nitrogens with zero attached hydrogens (tertiary/aromatic N) is 2. The van der Waals surface area contributed by atoms with E-state index in [0.29, 0.717) is 18.3 Å². The second-order valence-corrected chi connectivity index (χ2v) is 4.89. The molecule has 0 fully saturated rings. The molecule has 1 N–H and O–H groups in total.